The molecule has 130 valence electrons. The first-order valence-electron chi connectivity index (χ1n) is 8.91. The SMILES string of the molecule is Cc1cncn1C[C@H]1c2ccc(C#N)cc2CC[C@@H]1c1ccc(F)cc1. The molecule has 0 amide bonds. The van der Waals surface area contributed by atoms with Crippen LogP contribution in [-0.2, 0) is 13.0 Å². The van der Waals surface area contributed by atoms with E-state index >= 15 is 0 Å². The van der Waals surface area contributed by atoms with Crippen molar-refractivity contribution >= 4 is 0 Å². The minimum atomic E-state index is -0.203. The van der Waals surface area contributed by atoms with Crippen LogP contribution >= 0.6 is 0 Å². The van der Waals surface area contributed by atoms with Gasteiger partial charge in [0.25, 0.3) is 0 Å². The highest BCUT2D eigenvalue weighted by Crippen LogP contribution is 2.43. The van der Waals surface area contributed by atoms with Gasteiger partial charge in [0, 0.05) is 24.4 Å². The lowest BCUT2D eigenvalue weighted by atomic mass is 9.71. The van der Waals surface area contributed by atoms with Crippen LogP contribution in [0.2, 0.25) is 0 Å². The molecule has 2 atom stereocenters. The van der Waals surface area contributed by atoms with Crippen LogP contribution in [0.4, 0.5) is 4.39 Å². The first kappa shape index (κ1) is 16.5. The standard InChI is InChI=1S/C22H20FN3/c1-15-12-25-14-26(15)13-22-20(17-3-6-19(23)7-4-17)9-5-18-10-16(11-24)2-8-21(18)22/h2-4,6-8,10,12,14,20,22H,5,9,13H2,1H3/t20-,22-/m1/s1. The van der Waals surface area contributed by atoms with Gasteiger partial charge in [-0.3, -0.25) is 0 Å². The van der Waals surface area contributed by atoms with E-state index in [1.54, 1.807) is 12.1 Å². The molecule has 1 aliphatic carbocycles. The predicted molar refractivity (Wildman–Crippen MR) is 98.3 cm³/mol. The van der Waals surface area contributed by atoms with E-state index < -0.39 is 0 Å². The Bertz CT molecular complexity index is 966. The Kier molecular flexibility index (Phi) is 4.30. The van der Waals surface area contributed by atoms with Crippen LogP contribution in [0.5, 0.6) is 0 Å². The van der Waals surface area contributed by atoms with Crippen molar-refractivity contribution in [2.45, 2.75) is 38.1 Å². The Labute approximate surface area is 152 Å². The molecule has 3 nitrogen and oxygen atoms in total. The van der Waals surface area contributed by atoms with Gasteiger partial charge in [0.2, 0.25) is 0 Å². The molecule has 26 heavy (non-hydrogen) atoms. The quantitative estimate of drug-likeness (QED) is 0.689. The first-order valence-corrected chi connectivity index (χ1v) is 8.91. The van der Waals surface area contributed by atoms with E-state index in [0.29, 0.717) is 11.5 Å². The Morgan fingerprint density at radius 1 is 1.23 bits per heavy atom. The third kappa shape index (κ3) is 3.01. The second-order valence-corrected chi connectivity index (χ2v) is 7.02. The van der Waals surface area contributed by atoms with Gasteiger partial charge >= 0.3 is 0 Å². The topological polar surface area (TPSA) is 41.6 Å². The zero-order valence-corrected chi connectivity index (χ0v) is 14.7. The predicted octanol–water partition coefficient (Wildman–Crippen LogP) is 4.72. The summed E-state index contributed by atoms with van der Waals surface area (Å²) in [6.07, 6.45) is 5.67. The Balaban J connectivity index is 1.77. The third-order valence-electron chi connectivity index (χ3n) is 5.49. The maximum absolute atomic E-state index is 13.4. The highest BCUT2D eigenvalue weighted by molar-refractivity contribution is 5.43. The zero-order chi connectivity index (χ0) is 18.1. The normalized spacial score (nSPS) is 19.0. The minimum Gasteiger partial charge on any atom is -0.334 e. The van der Waals surface area contributed by atoms with Crippen LogP contribution in [0.1, 0.15) is 46.2 Å². The number of imidazole rings is 1. The Hall–Kier alpha value is -2.93. The number of hydrogen-bond acceptors (Lipinski definition) is 2. The number of nitrogens with zero attached hydrogens (tertiary/aromatic N) is 3. The number of benzene rings is 2. The van der Waals surface area contributed by atoms with E-state index in [1.165, 1.54) is 16.7 Å². The number of aromatic nitrogens is 2. The molecule has 0 saturated heterocycles. The molecule has 4 heteroatoms. The molecule has 1 heterocycles. The average Bonchev–Trinajstić information content (AvgIpc) is 3.07. The summed E-state index contributed by atoms with van der Waals surface area (Å²) in [6.45, 7) is 2.88. The summed E-state index contributed by atoms with van der Waals surface area (Å²) < 4.78 is 15.6. The summed E-state index contributed by atoms with van der Waals surface area (Å²) in [5, 5.41) is 9.21. The van der Waals surface area contributed by atoms with Gasteiger partial charge < -0.3 is 4.57 Å². The monoisotopic (exact) mass is 345 g/mol. The highest BCUT2D eigenvalue weighted by atomic mass is 19.1. The number of aryl methyl sites for hydroxylation is 2. The van der Waals surface area contributed by atoms with Crippen LogP contribution in [0.25, 0.3) is 0 Å². The van der Waals surface area contributed by atoms with Crippen LogP contribution in [-0.4, -0.2) is 9.55 Å². The van der Waals surface area contributed by atoms with Gasteiger partial charge in [-0.15, -0.1) is 0 Å². The fraction of sp³-hybridized carbons (Fsp3) is 0.273. The summed E-state index contributed by atoms with van der Waals surface area (Å²) in [7, 11) is 0. The summed E-state index contributed by atoms with van der Waals surface area (Å²) in [5.41, 5.74) is 5.55. The smallest absolute Gasteiger partial charge is 0.123 e. The van der Waals surface area contributed by atoms with Crippen LogP contribution in [0, 0.1) is 24.1 Å². The van der Waals surface area contributed by atoms with Gasteiger partial charge in [-0.1, -0.05) is 18.2 Å². The zero-order valence-electron chi connectivity index (χ0n) is 14.7. The number of halogens is 1. The average molecular weight is 345 g/mol. The Morgan fingerprint density at radius 3 is 2.73 bits per heavy atom. The van der Waals surface area contributed by atoms with E-state index in [0.717, 1.165) is 25.1 Å². The van der Waals surface area contributed by atoms with E-state index in [9.17, 15) is 9.65 Å². The van der Waals surface area contributed by atoms with Gasteiger partial charge in [-0.25, -0.2) is 9.37 Å². The molecule has 0 spiro atoms. The lowest BCUT2D eigenvalue weighted by Gasteiger charge is -2.35. The van der Waals surface area contributed by atoms with Crippen LogP contribution in [0.15, 0.2) is 55.0 Å². The van der Waals surface area contributed by atoms with Gasteiger partial charge in [0.15, 0.2) is 0 Å². The summed E-state index contributed by atoms with van der Waals surface area (Å²) in [4.78, 5) is 4.25. The molecule has 0 unspecified atom stereocenters. The summed E-state index contributed by atoms with van der Waals surface area (Å²) >= 11 is 0. The van der Waals surface area contributed by atoms with Crippen molar-refractivity contribution in [3.63, 3.8) is 0 Å². The summed E-state index contributed by atoms with van der Waals surface area (Å²) in [6, 6.07) is 15.2. The third-order valence-corrected chi connectivity index (χ3v) is 5.49. The highest BCUT2D eigenvalue weighted by Gasteiger charge is 2.31. The first-order chi connectivity index (χ1) is 12.7. The maximum Gasteiger partial charge on any atom is 0.123 e. The fourth-order valence-electron chi connectivity index (χ4n) is 4.11. The van der Waals surface area contributed by atoms with Crippen molar-refractivity contribution < 1.29 is 4.39 Å². The number of nitriles is 1. The molecule has 0 saturated carbocycles. The van der Waals surface area contributed by atoms with E-state index in [4.69, 9.17) is 0 Å². The van der Waals surface area contributed by atoms with Crippen LogP contribution < -0.4 is 0 Å². The van der Waals surface area contributed by atoms with Crippen LogP contribution in [0.3, 0.4) is 0 Å². The van der Waals surface area contributed by atoms with Gasteiger partial charge in [-0.05, 0) is 66.6 Å². The lowest BCUT2D eigenvalue weighted by molar-refractivity contribution is 0.419. The van der Waals surface area contributed by atoms with Crippen molar-refractivity contribution in [3.05, 3.63) is 88.8 Å². The molecule has 0 bridgehead atoms. The van der Waals surface area contributed by atoms with Gasteiger partial charge in [0.1, 0.15) is 5.82 Å². The number of rotatable bonds is 3. The number of fused-ring (bicyclic) bond motifs is 1. The molecule has 2 aromatic carbocycles. The van der Waals surface area contributed by atoms with E-state index in [-0.39, 0.29) is 11.7 Å². The van der Waals surface area contributed by atoms with Crippen molar-refractivity contribution in [1.29, 1.82) is 5.26 Å². The molecular weight excluding hydrogens is 325 g/mol. The molecule has 1 aliphatic rings. The number of hydrogen-bond donors (Lipinski definition) is 0. The fourth-order valence-corrected chi connectivity index (χ4v) is 4.11. The van der Waals surface area contributed by atoms with E-state index in [2.05, 4.69) is 28.6 Å². The molecule has 4 rings (SSSR count). The molecular formula is C22H20FN3. The molecule has 0 N–H and O–H groups in total. The van der Waals surface area contributed by atoms with Crippen molar-refractivity contribution in [2.75, 3.05) is 0 Å². The second kappa shape index (κ2) is 6.76. The molecule has 0 fully saturated rings. The lowest BCUT2D eigenvalue weighted by Crippen LogP contribution is -2.24. The summed E-state index contributed by atoms with van der Waals surface area (Å²) in [5.74, 6) is 0.383. The minimum absolute atomic E-state index is 0.203. The Morgan fingerprint density at radius 2 is 2.04 bits per heavy atom. The molecule has 1 aromatic heterocycles. The van der Waals surface area contributed by atoms with Crippen molar-refractivity contribution in [3.8, 4) is 6.07 Å². The van der Waals surface area contributed by atoms with Crippen molar-refractivity contribution in [2.24, 2.45) is 0 Å². The molecule has 0 aliphatic heterocycles. The van der Waals surface area contributed by atoms with Gasteiger partial charge in [-0.2, -0.15) is 5.26 Å². The molecule has 3 aromatic rings. The largest absolute Gasteiger partial charge is 0.334 e. The van der Waals surface area contributed by atoms with Gasteiger partial charge in [0.05, 0.1) is 18.0 Å². The van der Waals surface area contributed by atoms with Crippen molar-refractivity contribution in [1.82, 2.24) is 9.55 Å². The molecule has 0 radical (unpaired) electrons. The second-order valence-electron chi connectivity index (χ2n) is 7.02. The maximum atomic E-state index is 13.4. The van der Waals surface area contributed by atoms with E-state index in [1.807, 2.05) is 36.8 Å².